The van der Waals surface area contributed by atoms with Gasteiger partial charge >= 0.3 is 0 Å². The van der Waals surface area contributed by atoms with Gasteiger partial charge in [0.25, 0.3) is 0 Å². The third-order valence-corrected chi connectivity index (χ3v) is 1.60. The normalized spacial score (nSPS) is 12.7. The Morgan fingerprint density at radius 2 is 2.00 bits per heavy atom. The Hall–Kier alpha value is -0.734. The van der Waals surface area contributed by atoms with Crippen LogP contribution in [0.15, 0.2) is 36.6 Å². The molecule has 0 N–H and O–H groups in total. The molecule has 1 aliphatic rings. The molecule has 0 saturated carbocycles. The van der Waals surface area contributed by atoms with Gasteiger partial charge < -0.3 is 4.74 Å². The molecule has 0 fully saturated rings. The van der Waals surface area contributed by atoms with Crippen molar-refractivity contribution in [2.45, 2.75) is 6.42 Å². The second-order valence-corrected chi connectivity index (χ2v) is 2.30. The molecule has 1 aromatic rings. The monoisotopic (exact) mass is 191 g/mol. The fraction of sp³-hybridized carbons (Fsp3) is 0.111. The molecular formula is C9H8CoO. The Morgan fingerprint density at radius 1 is 1.18 bits per heavy atom. The molecule has 59 valence electrons. The zero-order chi connectivity index (χ0) is 6.81. The van der Waals surface area contributed by atoms with E-state index in [4.69, 9.17) is 4.74 Å². The fourth-order valence-electron chi connectivity index (χ4n) is 1.08. The van der Waals surface area contributed by atoms with Gasteiger partial charge in [0.2, 0.25) is 0 Å². The summed E-state index contributed by atoms with van der Waals surface area (Å²) >= 11 is 0. The number of ether oxygens (including phenoxy) is 1. The van der Waals surface area contributed by atoms with Crippen molar-refractivity contribution in [3.63, 3.8) is 0 Å². The number of hydrogen-bond donors (Lipinski definition) is 0. The molecule has 1 aromatic carbocycles. The summed E-state index contributed by atoms with van der Waals surface area (Å²) in [5.41, 5.74) is 1.27. The predicted octanol–water partition coefficient (Wildman–Crippen LogP) is 2.13. The number of para-hydroxylation sites is 1. The second-order valence-electron chi connectivity index (χ2n) is 2.30. The van der Waals surface area contributed by atoms with Crippen molar-refractivity contribution in [2.24, 2.45) is 0 Å². The molecule has 1 nitrogen and oxygen atoms in total. The van der Waals surface area contributed by atoms with Crippen LogP contribution in [-0.4, -0.2) is 0 Å². The van der Waals surface area contributed by atoms with Crippen molar-refractivity contribution in [3.8, 4) is 5.75 Å². The van der Waals surface area contributed by atoms with Gasteiger partial charge in [0.15, 0.2) is 0 Å². The summed E-state index contributed by atoms with van der Waals surface area (Å²) < 4.78 is 5.24. The first-order chi connectivity index (χ1) is 4.97. The summed E-state index contributed by atoms with van der Waals surface area (Å²) in [4.78, 5) is 0. The average molecular weight is 191 g/mol. The first-order valence-electron chi connectivity index (χ1n) is 3.36. The van der Waals surface area contributed by atoms with Gasteiger partial charge in [-0.3, -0.25) is 0 Å². The summed E-state index contributed by atoms with van der Waals surface area (Å²) in [7, 11) is 0. The van der Waals surface area contributed by atoms with Crippen LogP contribution in [0.5, 0.6) is 5.75 Å². The molecule has 2 rings (SSSR count). The molecule has 0 spiro atoms. The van der Waals surface area contributed by atoms with Crippen molar-refractivity contribution in [2.75, 3.05) is 0 Å². The van der Waals surface area contributed by atoms with Gasteiger partial charge in [-0.15, -0.1) is 0 Å². The summed E-state index contributed by atoms with van der Waals surface area (Å²) in [6.07, 6.45) is 4.75. The maximum atomic E-state index is 5.24. The zero-order valence-corrected chi connectivity index (χ0v) is 6.95. The van der Waals surface area contributed by atoms with Crippen molar-refractivity contribution < 1.29 is 21.5 Å². The largest absolute Gasteiger partial charge is 0.465 e. The molecule has 0 amide bonds. The molecule has 0 unspecified atom stereocenters. The molecule has 0 bridgehead atoms. The van der Waals surface area contributed by atoms with Crippen LogP contribution in [0.4, 0.5) is 0 Å². The minimum atomic E-state index is 0. The topological polar surface area (TPSA) is 9.23 Å². The zero-order valence-electron chi connectivity index (χ0n) is 5.91. The van der Waals surface area contributed by atoms with E-state index < -0.39 is 0 Å². The minimum Gasteiger partial charge on any atom is -0.465 e. The van der Waals surface area contributed by atoms with Crippen LogP contribution in [-0.2, 0) is 23.2 Å². The van der Waals surface area contributed by atoms with E-state index in [1.807, 2.05) is 24.3 Å². The van der Waals surface area contributed by atoms with Gasteiger partial charge in [0.1, 0.15) is 5.75 Å². The molecule has 1 aliphatic heterocycles. The summed E-state index contributed by atoms with van der Waals surface area (Å²) in [5.74, 6) is 0.991. The molecule has 0 saturated heterocycles. The Labute approximate surface area is 76.3 Å². The summed E-state index contributed by atoms with van der Waals surface area (Å²) in [5, 5.41) is 0. The summed E-state index contributed by atoms with van der Waals surface area (Å²) in [6.45, 7) is 0. The van der Waals surface area contributed by atoms with Crippen LogP contribution in [0.3, 0.4) is 0 Å². The van der Waals surface area contributed by atoms with Crippen molar-refractivity contribution >= 4 is 0 Å². The van der Waals surface area contributed by atoms with Crippen LogP contribution >= 0.6 is 0 Å². The molecule has 1 heterocycles. The first-order valence-corrected chi connectivity index (χ1v) is 3.36. The van der Waals surface area contributed by atoms with Crippen LogP contribution < -0.4 is 4.74 Å². The van der Waals surface area contributed by atoms with E-state index in [1.165, 1.54) is 5.56 Å². The molecule has 0 atom stereocenters. The van der Waals surface area contributed by atoms with E-state index in [2.05, 4.69) is 6.07 Å². The van der Waals surface area contributed by atoms with Crippen molar-refractivity contribution in [1.82, 2.24) is 0 Å². The fourth-order valence-corrected chi connectivity index (χ4v) is 1.08. The van der Waals surface area contributed by atoms with Crippen LogP contribution in [0, 0.1) is 0 Å². The Bertz CT molecular complexity index is 241. The third-order valence-electron chi connectivity index (χ3n) is 1.60. The molecule has 2 heteroatoms. The van der Waals surface area contributed by atoms with E-state index >= 15 is 0 Å². The Balaban J connectivity index is 0.000000605. The Kier molecular flexibility index (Phi) is 2.74. The standard InChI is InChI=1S/C9H8O.Co/c1-2-6-9-8(4-1)5-3-7-10-9;/h1-4,6-7H,5H2;. The van der Waals surface area contributed by atoms with Gasteiger partial charge in [-0.05, 0) is 24.1 Å². The minimum absolute atomic E-state index is 0. The predicted molar refractivity (Wildman–Crippen MR) is 39.9 cm³/mol. The van der Waals surface area contributed by atoms with Gasteiger partial charge in [0.05, 0.1) is 6.26 Å². The first kappa shape index (κ1) is 8.36. The van der Waals surface area contributed by atoms with Gasteiger partial charge in [-0.25, -0.2) is 0 Å². The average Bonchev–Trinajstić information content (AvgIpc) is 2.05. The van der Waals surface area contributed by atoms with E-state index in [-0.39, 0.29) is 16.8 Å². The van der Waals surface area contributed by atoms with E-state index in [9.17, 15) is 0 Å². The van der Waals surface area contributed by atoms with Gasteiger partial charge in [0, 0.05) is 16.8 Å². The second kappa shape index (κ2) is 3.60. The number of allylic oxidation sites excluding steroid dienone is 1. The van der Waals surface area contributed by atoms with Gasteiger partial charge in [-0.2, -0.15) is 0 Å². The molecule has 11 heavy (non-hydrogen) atoms. The molecule has 0 aliphatic carbocycles. The number of fused-ring (bicyclic) bond motifs is 1. The van der Waals surface area contributed by atoms with Crippen LogP contribution in [0.1, 0.15) is 5.56 Å². The third kappa shape index (κ3) is 1.64. The van der Waals surface area contributed by atoms with Crippen molar-refractivity contribution in [3.05, 3.63) is 42.2 Å². The van der Waals surface area contributed by atoms with E-state index in [1.54, 1.807) is 6.26 Å². The van der Waals surface area contributed by atoms with Gasteiger partial charge in [-0.1, -0.05) is 18.2 Å². The quantitative estimate of drug-likeness (QED) is 0.610. The SMILES string of the molecule is C1=COc2ccccc2C1.[Co]. The molecular weight excluding hydrogens is 183 g/mol. The van der Waals surface area contributed by atoms with Crippen LogP contribution in [0.2, 0.25) is 0 Å². The Morgan fingerprint density at radius 3 is 2.82 bits per heavy atom. The van der Waals surface area contributed by atoms with Crippen LogP contribution in [0.25, 0.3) is 0 Å². The number of benzene rings is 1. The van der Waals surface area contributed by atoms with E-state index in [0.717, 1.165) is 12.2 Å². The smallest absolute Gasteiger partial charge is 0.130 e. The summed E-state index contributed by atoms with van der Waals surface area (Å²) in [6, 6.07) is 8.08. The molecule has 1 radical (unpaired) electrons. The maximum Gasteiger partial charge on any atom is 0.130 e. The number of rotatable bonds is 0. The van der Waals surface area contributed by atoms with E-state index in [0.29, 0.717) is 0 Å². The maximum absolute atomic E-state index is 5.24. The molecule has 0 aromatic heterocycles. The number of hydrogen-bond acceptors (Lipinski definition) is 1. The van der Waals surface area contributed by atoms with Crippen molar-refractivity contribution in [1.29, 1.82) is 0 Å².